The van der Waals surface area contributed by atoms with E-state index in [-0.39, 0.29) is 0 Å². The second kappa shape index (κ2) is 8.26. The Morgan fingerprint density at radius 3 is 0.895 bits per heavy atom. The minimum atomic E-state index is -3.17. The van der Waals surface area contributed by atoms with Gasteiger partial charge in [0.25, 0.3) is 0 Å². The van der Waals surface area contributed by atoms with E-state index >= 15 is 0 Å². The molecule has 0 amide bonds. The van der Waals surface area contributed by atoms with Crippen LogP contribution >= 0.6 is 0 Å². The number of primary sulfonamides is 2. The molecule has 0 saturated carbocycles. The Kier molecular flexibility index (Phi) is 8.85. The predicted octanol–water partition coefficient (Wildman–Crippen LogP) is 0.421. The van der Waals surface area contributed by atoms with Gasteiger partial charge in [0.1, 0.15) is 0 Å². The molecule has 0 fully saturated rings. The highest BCUT2D eigenvalue weighted by molar-refractivity contribution is 7.88. The Balaban J connectivity index is 0. The SMILES string of the molecule is CS(N)(=O)=O.CS(N)(=O)=O.Cc1cc(C)cc(C)c1. The maximum Gasteiger partial charge on any atom is 0.206 e. The first-order chi connectivity index (χ1) is 8.18. The molecule has 112 valence electrons. The highest BCUT2D eigenvalue weighted by Gasteiger charge is 1.87. The first-order valence-electron chi connectivity index (χ1n) is 5.19. The van der Waals surface area contributed by atoms with Crippen LogP contribution in [0.3, 0.4) is 0 Å². The molecule has 0 unspecified atom stereocenters. The van der Waals surface area contributed by atoms with Gasteiger partial charge in [-0.15, -0.1) is 0 Å². The van der Waals surface area contributed by atoms with Crippen LogP contribution in [0.2, 0.25) is 0 Å². The summed E-state index contributed by atoms with van der Waals surface area (Å²) in [5, 5.41) is 8.65. The van der Waals surface area contributed by atoms with Gasteiger partial charge in [-0.25, -0.2) is 27.1 Å². The van der Waals surface area contributed by atoms with Gasteiger partial charge in [-0.2, -0.15) is 0 Å². The van der Waals surface area contributed by atoms with Crippen molar-refractivity contribution < 1.29 is 16.8 Å². The van der Waals surface area contributed by atoms with Crippen LogP contribution in [0.4, 0.5) is 0 Å². The number of sulfonamides is 2. The number of benzene rings is 1. The lowest BCUT2D eigenvalue weighted by molar-refractivity contribution is 0.601. The summed E-state index contributed by atoms with van der Waals surface area (Å²) in [5.74, 6) is 0. The molecule has 1 rings (SSSR count). The third-order valence-electron chi connectivity index (χ3n) is 1.37. The molecule has 4 N–H and O–H groups in total. The summed E-state index contributed by atoms with van der Waals surface area (Å²) in [6.45, 7) is 6.38. The van der Waals surface area contributed by atoms with Crippen molar-refractivity contribution in [2.45, 2.75) is 20.8 Å². The molecule has 0 bridgehead atoms. The Labute approximate surface area is 115 Å². The number of aryl methyl sites for hydroxylation is 3. The minimum absolute atomic E-state index is 0.938. The zero-order valence-electron chi connectivity index (χ0n) is 11.8. The summed E-state index contributed by atoms with van der Waals surface area (Å²) in [6, 6.07) is 6.56. The van der Waals surface area contributed by atoms with E-state index in [2.05, 4.69) is 49.2 Å². The summed E-state index contributed by atoms with van der Waals surface area (Å²) in [5.41, 5.74) is 4.06. The molecule has 8 heteroatoms. The monoisotopic (exact) mass is 310 g/mol. The molecular formula is C11H22N2O4S2. The Morgan fingerprint density at radius 2 is 0.789 bits per heavy atom. The first-order valence-corrected chi connectivity index (χ1v) is 9.10. The van der Waals surface area contributed by atoms with Gasteiger partial charge in [-0.3, -0.25) is 0 Å². The van der Waals surface area contributed by atoms with Gasteiger partial charge in [-0.1, -0.05) is 34.9 Å². The molecule has 1 aromatic carbocycles. The van der Waals surface area contributed by atoms with E-state index in [1.807, 2.05) is 0 Å². The van der Waals surface area contributed by atoms with Crippen molar-refractivity contribution in [1.82, 2.24) is 0 Å². The second-order valence-corrected chi connectivity index (χ2v) is 7.64. The van der Waals surface area contributed by atoms with E-state index in [1.165, 1.54) is 16.7 Å². The van der Waals surface area contributed by atoms with Crippen molar-refractivity contribution >= 4 is 20.0 Å². The molecule has 0 aliphatic carbocycles. The van der Waals surface area contributed by atoms with E-state index in [0.29, 0.717) is 0 Å². The van der Waals surface area contributed by atoms with Crippen molar-refractivity contribution in [3.8, 4) is 0 Å². The summed E-state index contributed by atoms with van der Waals surface area (Å²) < 4.78 is 37.6. The van der Waals surface area contributed by atoms with Crippen LogP contribution in [0.15, 0.2) is 18.2 Å². The standard InChI is InChI=1S/C9H12.2CH5NO2S/c1-7-4-8(2)6-9(3)5-7;2*1-5(2,3)4/h4-6H,1-3H3;2*1H3,(H2,2,3,4). The average molecular weight is 310 g/mol. The zero-order chi connectivity index (χ0) is 15.9. The summed E-state index contributed by atoms with van der Waals surface area (Å²) in [7, 11) is -6.33. The fraction of sp³-hybridized carbons (Fsp3) is 0.455. The Hall–Kier alpha value is -0.960. The molecule has 0 radical (unpaired) electrons. The number of hydrogen-bond acceptors (Lipinski definition) is 4. The highest BCUT2D eigenvalue weighted by Crippen LogP contribution is 2.06. The Bertz CT molecular complexity index is 497. The lowest BCUT2D eigenvalue weighted by Crippen LogP contribution is -2.07. The summed E-state index contributed by atoms with van der Waals surface area (Å²) in [4.78, 5) is 0. The maximum absolute atomic E-state index is 9.41. The topological polar surface area (TPSA) is 120 Å². The van der Waals surface area contributed by atoms with Crippen LogP contribution in [-0.4, -0.2) is 29.3 Å². The molecule has 0 spiro atoms. The minimum Gasteiger partial charge on any atom is -0.229 e. The molecule has 0 aromatic heterocycles. The molecule has 1 aromatic rings. The lowest BCUT2D eigenvalue weighted by Gasteiger charge is -1.96. The first kappa shape index (κ1) is 20.4. The molecule has 19 heavy (non-hydrogen) atoms. The number of hydrogen-bond donors (Lipinski definition) is 2. The second-order valence-electron chi connectivity index (χ2n) is 4.32. The van der Waals surface area contributed by atoms with Gasteiger partial charge in [0.15, 0.2) is 0 Å². The largest absolute Gasteiger partial charge is 0.229 e. The van der Waals surface area contributed by atoms with Gasteiger partial charge in [0.05, 0.1) is 12.5 Å². The average Bonchev–Trinajstić information content (AvgIpc) is 1.91. The summed E-state index contributed by atoms with van der Waals surface area (Å²) in [6.07, 6.45) is 1.88. The van der Waals surface area contributed by atoms with Crippen molar-refractivity contribution in [3.05, 3.63) is 34.9 Å². The van der Waals surface area contributed by atoms with E-state index in [4.69, 9.17) is 0 Å². The van der Waals surface area contributed by atoms with Crippen LogP contribution in [0.25, 0.3) is 0 Å². The number of nitrogens with two attached hydrogens (primary N) is 2. The number of rotatable bonds is 0. The van der Waals surface area contributed by atoms with Crippen molar-refractivity contribution in [3.63, 3.8) is 0 Å². The molecule has 0 aliphatic rings. The smallest absolute Gasteiger partial charge is 0.206 e. The third-order valence-corrected chi connectivity index (χ3v) is 1.37. The molecule has 6 nitrogen and oxygen atoms in total. The van der Waals surface area contributed by atoms with Gasteiger partial charge in [0, 0.05) is 0 Å². The molecule has 0 heterocycles. The quantitative estimate of drug-likeness (QED) is 0.721. The third kappa shape index (κ3) is 31.6. The zero-order valence-corrected chi connectivity index (χ0v) is 13.5. The van der Waals surface area contributed by atoms with E-state index in [9.17, 15) is 16.8 Å². The predicted molar refractivity (Wildman–Crippen MR) is 78.7 cm³/mol. The van der Waals surface area contributed by atoms with Gasteiger partial charge in [0.2, 0.25) is 20.0 Å². The van der Waals surface area contributed by atoms with Crippen molar-refractivity contribution in [2.24, 2.45) is 10.3 Å². The van der Waals surface area contributed by atoms with Gasteiger partial charge in [-0.05, 0) is 20.8 Å². The normalized spacial score (nSPS) is 10.7. The van der Waals surface area contributed by atoms with E-state index in [0.717, 1.165) is 12.5 Å². The molecular weight excluding hydrogens is 288 g/mol. The lowest BCUT2D eigenvalue weighted by atomic mass is 10.1. The molecule has 0 saturated heterocycles. The van der Waals surface area contributed by atoms with Crippen LogP contribution in [0.1, 0.15) is 16.7 Å². The van der Waals surface area contributed by atoms with E-state index in [1.54, 1.807) is 0 Å². The van der Waals surface area contributed by atoms with Crippen LogP contribution < -0.4 is 10.3 Å². The Morgan fingerprint density at radius 1 is 0.684 bits per heavy atom. The van der Waals surface area contributed by atoms with Crippen LogP contribution in [0.5, 0.6) is 0 Å². The fourth-order valence-corrected chi connectivity index (χ4v) is 1.20. The molecule has 0 atom stereocenters. The van der Waals surface area contributed by atoms with Gasteiger partial charge < -0.3 is 0 Å². The highest BCUT2D eigenvalue weighted by atomic mass is 32.2. The maximum atomic E-state index is 9.41. The molecule has 0 aliphatic heterocycles. The summed E-state index contributed by atoms with van der Waals surface area (Å²) >= 11 is 0. The van der Waals surface area contributed by atoms with Crippen molar-refractivity contribution in [2.75, 3.05) is 12.5 Å². The fourth-order valence-electron chi connectivity index (χ4n) is 1.20. The van der Waals surface area contributed by atoms with Crippen molar-refractivity contribution in [1.29, 1.82) is 0 Å². The van der Waals surface area contributed by atoms with Crippen LogP contribution in [-0.2, 0) is 20.0 Å². The van der Waals surface area contributed by atoms with Gasteiger partial charge >= 0.3 is 0 Å². The van der Waals surface area contributed by atoms with E-state index < -0.39 is 20.0 Å². The van der Waals surface area contributed by atoms with Crippen LogP contribution in [0, 0.1) is 20.8 Å².